The van der Waals surface area contributed by atoms with E-state index in [4.69, 9.17) is 28.2 Å². The summed E-state index contributed by atoms with van der Waals surface area (Å²) in [7, 11) is 0. The van der Waals surface area contributed by atoms with Crippen LogP contribution in [0, 0.1) is 0 Å². The first kappa shape index (κ1) is 22.2. The molecule has 10 heteroatoms. The summed E-state index contributed by atoms with van der Waals surface area (Å²) in [6, 6.07) is 15.1. The zero-order valence-corrected chi connectivity index (χ0v) is 20.8. The topological polar surface area (TPSA) is 84.1 Å². The van der Waals surface area contributed by atoms with E-state index in [0.717, 1.165) is 34.1 Å². The number of aromatic nitrogens is 4. The molecule has 2 aromatic heterocycles. The summed E-state index contributed by atoms with van der Waals surface area (Å²) >= 11 is 12.3. The Morgan fingerprint density at radius 3 is 2.64 bits per heavy atom. The normalized spacial score (nSPS) is 16.7. The Bertz CT molecular complexity index is 1330. The summed E-state index contributed by atoms with van der Waals surface area (Å²) in [6.45, 7) is 1.13. The van der Waals surface area contributed by atoms with Gasteiger partial charge in [-0.3, -0.25) is 0 Å². The standard InChI is InChI=1S/C23H19AsCl2N5O2/c25-15-7-9-16(10-8-15)31-21(17-5-1-2-6-18(17)26)29-19-20(27-13-28-22(19)31)24-14-4-3-11-30(12-14)23(32)33/h1-2,5-10,13-14H,3-4,11-12H2,(H,32,33)/t14-/m1/s1. The zero-order valence-electron chi connectivity index (χ0n) is 17.4. The minimum absolute atomic E-state index is 0.272. The van der Waals surface area contributed by atoms with Gasteiger partial charge in [-0.2, -0.15) is 0 Å². The molecule has 2 aromatic carbocycles. The van der Waals surface area contributed by atoms with Crippen molar-refractivity contribution in [3.05, 3.63) is 64.9 Å². The van der Waals surface area contributed by atoms with Crippen molar-refractivity contribution in [1.29, 1.82) is 0 Å². The SMILES string of the molecule is O=C(O)N1CCC[C@@H]([As]c2ncnc3c2nc(-c2ccccc2Cl)n3-c2ccc(Cl)cc2)C1. The molecule has 0 unspecified atom stereocenters. The van der Waals surface area contributed by atoms with E-state index < -0.39 is 21.8 Å². The number of piperidine rings is 1. The van der Waals surface area contributed by atoms with Gasteiger partial charge in [-0.05, 0) is 0 Å². The summed E-state index contributed by atoms with van der Waals surface area (Å²) in [5, 5.41) is 10.6. The number of nitrogens with zero attached hydrogens (tertiary/aromatic N) is 5. The number of hydrogen-bond donors (Lipinski definition) is 1. The van der Waals surface area contributed by atoms with Gasteiger partial charge in [0.15, 0.2) is 0 Å². The van der Waals surface area contributed by atoms with Crippen molar-refractivity contribution in [1.82, 2.24) is 24.4 Å². The monoisotopic (exact) mass is 542 g/mol. The fraction of sp³-hybridized carbons (Fsp3) is 0.217. The second kappa shape index (κ2) is 9.33. The quantitative estimate of drug-likeness (QED) is 0.378. The van der Waals surface area contributed by atoms with Crippen molar-refractivity contribution in [2.75, 3.05) is 13.1 Å². The van der Waals surface area contributed by atoms with E-state index in [2.05, 4.69) is 9.97 Å². The third-order valence-electron chi connectivity index (χ3n) is 5.60. The zero-order chi connectivity index (χ0) is 22.9. The number of carboxylic acid groups (broad SMARTS) is 1. The number of halogens is 2. The summed E-state index contributed by atoms with van der Waals surface area (Å²) in [4.78, 5) is 27.1. The molecule has 7 nitrogen and oxygen atoms in total. The van der Waals surface area contributed by atoms with Crippen LogP contribution in [0.5, 0.6) is 0 Å². The average Bonchev–Trinajstić information content (AvgIpc) is 3.20. The van der Waals surface area contributed by atoms with Crippen LogP contribution in [-0.2, 0) is 0 Å². The van der Waals surface area contributed by atoms with Gasteiger partial charge in [-0.15, -0.1) is 0 Å². The fourth-order valence-corrected chi connectivity index (χ4v) is 7.17. The Balaban J connectivity index is 1.64. The van der Waals surface area contributed by atoms with E-state index in [1.54, 1.807) is 6.33 Å². The van der Waals surface area contributed by atoms with E-state index >= 15 is 0 Å². The van der Waals surface area contributed by atoms with E-state index in [-0.39, 0.29) is 4.71 Å². The van der Waals surface area contributed by atoms with Crippen LogP contribution in [0.1, 0.15) is 12.8 Å². The number of imidazole rings is 1. The van der Waals surface area contributed by atoms with E-state index in [1.807, 2.05) is 53.1 Å². The molecule has 1 fully saturated rings. The minimum atomic E-state index is -0.859. The van der Waals surface area contributed by atoms with Crippen LogP contribution < -0.4 is 4.48 Å². The van der Waals surface area contributed by atoms with Gasteiger partial charge in [0.1, 0.15) is 0 Å². The average molecular weight is 543 g/mol. The van der Waals surface area contributed by atoms with Crippen LogP contribution in [0.4, 0.5) is 4.79 Å². The molecule has 3 heterocycles. The molecule has 167 valence electrons. The van der Waals surface area contributed by atoms with Crippen LogP contribution in [0.3, 0.4) is 0 Å². The van der Waals surface area contributed by atoms with Gasteiger partial charge in [0.25, 0.3) is 0 Å². The van der Waals surface area contributed by atoms with E-state index in [0.29, 0.717) is 34.6 Å². The summed E-state index contributed by atoms with van der Waals surface area (Å²) in [5.41, 5.74) is 3.09. The van der Waals surface area contributed by atoms with Crippen molar-refractivity contribution in [3.63, 3.8) is 0 Å². The van der Waals surface area contributed by atoms with Crippen molar-refractivity contribution in [3.8, 4) is 17.1 Å². The molecule has 1 N–H and O–H groups in total. The Hall–Kier alpha value is -2.60. The van der Waals surface area contributed by atoms with Crippen LogP contribution in [-0.4, -0.2) is 64.5 Å². The van der Waals surface area contributed by atoms with Gasteiger partial charge in [0, 0.05) is 0 Å². The Labute approximate surface area is 207 Å². The third-order valence-corrected chi connectivity index (χ3v) is 9.03. The molecule has 1 aliphatic heterocycles. The van der Waals surface area contributed by atoms with Gasteiger partial charge < -0.3 is 0 Å². The molecule has 0 bridgehead atoms. The van der Waals surface area contributed by atoms with Crippen molar-refractivity contribution < 1.29 is 9.90 Å². The van der Waals surface area contributed by atoms with Crippen LogP contribution in [0.15, 0.2) is 54.9 Å². The van der Waals surface area contributed by atoms with Crippen molar-refractivity contribution in [2.24, 2.45) is 0 Å². The molecule has 1 aliphatic rings. The first-order chi connectivity index (χ1) is 16.0. The van der Waals surface area contributed by atoms with Crippen LogP contribution >= 0.6 is 23.2 Å². The predicted octanol–water partition coefficient (Wildman–Crippen LogP) is 4.68. The van der Waals surface area contributed by atoms with Gasteiger partial charge in [-0.1, -0.05) is 0 Å². The molecule has 0 saturated carbocycles. The Kier molecular flexibility index (Phi) is 6.28. The number of amides is 1. The molecule has 1 saturated heterocycles. The first-order valence-electron chi connectivity index (χ1n) is 10.4. The Morgan fingerprint density at radius 1 is 1.09 bits per heavy atom. The van der Waals surface area contributed by atoms with Gasteiger partial charge in [0.05, 0.1) is 0 Å². The first-order valence-corrected chi connectivity index (χ1v) is 13.2. The van der Waals surface area contributed by atoms with E-state index in [9.17, 15) is 9.90 Å². The molecule has 1 amide bonds. The summed E-state index contributed by atoms with van der Waals surface area (Å²) in [5.74, 6) is 0.677. The molecule has 1 atom stereocenters. The molecule has 5 rings (SSSR count). The molecule has 4 aromatic rings. The van der Waals surface area contributed by atoms with E-state index in [1.165, 1.54) is 4.90 Å². The maximum absolute atomic E-state index is 11.5. The fourth-order valence-electron chi connectivity index (χ4n) is 4.04. The number of hydrogen-bond acceptors (Lipinski definition) is 4. The van der Waals surface area contributed by atoms with Crippen LogP contribution in [0.2, 0.25) is 14.8 Å². The van der Waals surface area contributed by atoms with Crippen LogP contribution in [0.25, 0.3) is 28.2 Å². The van der Waals surface area contributed by atoms with Gasteiger partial charge in [0.2, 0.25) is 0 Å². The van der Waals surface area contributed by atoms with Crippen molar-refractivity contribution >= 4 is 60.7 Å². The summed E-state index contributed by atoms with van der Waals surface area (Å²) in [6.07, 6.45) is 2.56. The third kappa shape index (κ3) is 4.45. The molecule has 0 spiro atoms. The number of carbonyl (C=O) groups is 1. The van der Waals surface area contributed by atoms with Crippen molar-refractivity contribution in [2.45, 2.75) is 17.5 Å². The molecular formula is C23H19AsCl2N5O2. The number of benzene rings is 2. The molecule has 33 heavy (non-hydrogen) atoms. The maximum atomic E-state index is 11.5. The predicted molar refractivity (Wildman–Crippen MR) is 130 cm³/mol. The number of fused-ring (bicyclic) bond motifs is 1. The Morgan fingerprint density at radius 2 is 1.88 bits per heavy atom. The molecular weight excluding hydrogens is 524 g/mol. The second-order valence-corrected chi connectivity index (χ2v) is 11.6. The molecule has 0 aliphatic carbocycles. The number of rotatable bonds is 4. The number of likely N-dealkylation sites (tertiary alicyclic amines) is 1. The van der Waals surface area contributed by atoms with Gasteiger partial charge in [-0.25, -0.2) is 0 Å². The summed E-state index contributed by atoms with van der Waals surface area (Å²) < 4.78 is 3.15. The van der Waals surface area contributed by atoms with Gasteiger partial charge >= 0.3 is 208 Å². The molecule has 1 radical (unpaired) electrons. The second-order valence-electron chi connectivity index (χ2n) is 7.75.